The monoisotopic (exact) mass is 286 g/mol. The van der Waals surface area contributed by atoms with E-state index in [1.54, 1.807) is 0 Å². The Labute approximate surface area is 127 Å². The third-order valence-corrected chi connectivity index (χ3v) is 3.81. The standard InChI is InChI=1S/C17H26N4/c1-4-11-20(17-8-6-15(18)7-9-17)13-16-10-12-21(19-16)14(3)5-2/h6-10,12,14H,4-5,11,13,18H2,1-3H3. The van der Waals surface area contributed by atoms with Gasteiger partial charge in [0.15, 0.2) is 0 Å². The molecule has 4 nitrogen and oxygen atoms in total. The molecule has 0 radical (unpaired) electrons. The van der Waals surface area contributed by atoms with E-state index >= 15 is 0 Å². The predicted molar refractivity (Wildman–Crippen MR) is 89.4 cm³/mol. The Hall–Kier alpha value is -1.97. The van der Waals surface area contributed by atoms with E-state index in [4.69, 9.17) is 10.8 Å². The highest BCUT2D eigenvalue weighted by atomic mass is 15.3. The number of hydrogen-bond donors (Lipinski definition) is 1. The molecule has 1 heterocycles. The van der Waals surface area contributed by atoms with Gasteiger partial charge in [0.1, 0.15) is 0 Å². The van der Waals surface area contributed by atoms with Crippen LogP contribution in [0.5, 0.6) is 0 Å². The molecular formula is C17H26N4. The van der Waals surface area contributed by atoms with E-state index in [9.17, 15) is 0 Å². The molecule has 21 heavy (non-hydrogen) atoms. The zero-order chi connectivity index (χ0) is 15.2. The Morgan fingerprint density at radius 2 is 1.90 bits per heavy atom. The fourth-order valence-electron chi connectivity index (χ4n) is 2.34. The van der Waals surface area contributed by atoms with Gasteiger partial charge in [-0.1, -0.05) is 13.8 Å². The molecule has 2 rings (SSSR count). The lowest BCUT2D eigenvalue weighted by Gasteiger charge is -2.23. The fraction of sp³-hybridized carbons (Fsp3) is 0.471. The highest BCUT2D eigenvalue weighted by molar-refractivity contribution is 5.53. The van der Waals surface area contributed by atoms with Gasteiger partial charge < -0.3 is 10.6 Å². The Morgan fingerprint density at radius 1 is 1.19 bits per heavy atom. The molecule has 0 saturated heterocycles. The Bertz CT molecular complexity index is 544. The molecule has 0 spiro atoms. The first-order chi connectivity index (χ1) is 10.1. The summed E-state index contributed by atoms with van der Waals surface area (Å²) in [5.41, 5.74) is 8.88. The summed E-state index contributed by atoms with van der Waals surface area (Å²) < 4.78 is 2.06. The minimum absolute atomic E-state index is 0.454. The molecule has 0 amide bonds. The van der Waals surface area contributed by atoms with Gasteiger partial charge in [-0.2, -0.15) is 5.10 Å². The number of nitrogen functional groups attached to an aromatic ring is 1. The number of anilines is 2. The predicted octanol–water partition coefficient (Wildman–Crippen LogP) is 3.85. The molecule has 0 aliphatic rings. The second-order valence-corrected chi connectivity index (χ2v) is 5.56. The summed E-state index contributed by atoms with van der Waals surface area (Å²) in [6.07, 6.45) is 4.28. The molecule has 0 aliphatic heterocycles. The summed E-state index contributed by atoms with van der Waals surface area (Å²) in [7, 11) is 0. The molecule has 1 unspecified atom stereocenters. The first-order valence-electron chi connectivity index (χ1n) is 7.78. The van der Waals surface area contributed by atoms with Crippen LogP contribution in [-0.4, -0.2) is 16.3 Å². The summed E-state index contributed by atoms with van der Waals surface area (Å²) in [4.78, 5) is 2.35. The topological polar surface area (TPSA) is 47.1 Å². The molecule has 0 fully saturated rings. The van der Waals surface area contributed by atoms with Gasteiger partial charge in [0.05, 0.1) is 12.2 Å². The van der Waals surface area contributed by atoms with Crippen LogP contribution in [-0.2, 0) is 6.54 Å². The second kappa shape index (κ2) is 7.16. The average molecular weight is 286 g/mol. The van der Waals surface area contributed by atoms with Crippen molar-refractivity contribution in [3.8, 4) is 0 Å². The summed E-state index contributed by atoms with van der Waals surface area (Å²) in [6.45, 7) is 8.42. The second-order valence-electron chi connectivity index (χ2n) is 5.56. The van der Waals surface area contributed by atoms with Crippen molar-refractivity contribution >= 4 is 11.4 Å². The minimum atomic E-state index is 0.454. The molecule has 1 aromatic carbocycles. The highest BCUT2D eigenvalue weighted by Gasteiger charge is 2.10. The quantitative estimate of drug-likeness (QED) is 0.786. The highest BCUT2D eigenvalue weighted by Crippen LogP contribution is 2.19. The van der Waals surface area contributed by atoms with Gasteiger partial charge >= 0.3 is 0 Å². The van der Waals surface area contributed by atoms with E-state index in [1.807, 2.05) is 12.1 Å². The maximum Gasteiger partial charge on any atom is 0.0817 e. The van der Waals surface area contributed by atoms with Crippen molar-refractivity contribution in [2.45, 2.75) is 46.2 Å². The Kier molecular flexibility index (Phi) is 5.26. The van der Waals surface area contributed by atoms with Gasteiger partial charge in [0.25, 0.3) is 0 Å². The van der Waals surface area contributed by atoms with Crippen LogP contribution in [0.15, 0.2) is 36.5 Å². The van der Waals surface area contributed by atoms with Crippen LogP contribution in [0, 0.1) is 0 Å². The van der Waals surface area contributed by atoms with Gasteiger partial charge in [-0.15, -0.1) is 0 Å². The lowest BCUT2D eigenvalue weighted by atomic mass is 10.2. The maximum atomic E-state index is 5.77. The number of rotatable bonds is 7. The van der Waals surface area contributed by atoms with Crippen LogP contribution in [0.3, 0.4) is 0 Å². The summed E-state index contributed by atoms with van der Waals surface area (Å²) in [5, 5.41) is 4.70. The van der Waals surface area contributed by atoms with Crippen molar-refractivity contribution in [3.63, 3.8) is 0 Å². The van der Waals surface area contributed by atoms with Gasteiger partial charge in [0.2, 0.25) is 0 Å². The van der Waals surface area contributed by atoms with Crippen LogP contribution in [0.1, 0.15) is 45.3 Å². The van der Waals surface area contributed by atoms with Gasteiger partial charge in [-0.3, -0.25) is 4.68 Å². The number of nitrogens with zero attached hydrogens (tertiary/aromatic N) is 3. The largest absolute Gasteiger partial charge is 0.399 e. The molecule has 114 valence electrons. The van der Waals surface area contributed by atoms with Crippen molar-refractivity contribution in [3.05, 3.63) is 42.2 Å². The zero-order valence-corrected chi connectivity index (χ0v) is 13.3. The molecule has 2 aromatic rings. The number of nitrogens with two attached hydrogens (primary N) is 1. The Balaban J connectivity index is 2.12. The molecule has 0 bridgehead atoms. The van der Waals surface area contributed by atoms with Gasteiger partial charge in [-0.05, 0) is 50.1 Å². The van der Waals surface area contributed by atoms with Crippen molar-refractivity contribution in [1.82, 2.24) is 9.78 Å². The van der Waals surface area contributed by atoms with Gasteiger partial charge in [0, 0.05) is 30.2 Å². The number of benzene rings is 1. The van der Waals surface area contributed by atoms with Crippen molar-refractivity contribution in [2.75, 3.05) is 17.2 Å². The fourth-order valence-corrected chi connectivity index (χ4v) is 2.34. The van der Waals surface area contributed by atoms with E-state index in [2.05, 4.69) is 54.7 Å². The normalized spacial score (nSPS) is 12.3. The SMILES string of the molecule is CCCN(Cc1ccn(C(C)CC)n1)c1ccc(N)cc1. The van der Waals surface area contributed by atoms with E-state index < -0.39 is 0 Å². The molecule has 0 aliphatic carbocycles. The van der Waals surface area contributed by atoms with Crippen molar-refractivity contribution in [2.24, 2.45) is 0 Å². The lowest BCUT2D eigenvalue weighted by Crippen LogP contribution is -2.23. The minimum Gasteiger partial charge on any atom is -0.399 e. The first-order valence-corrected chi connectivity index (χ1v) is 7.78. The third-order valence-electron chi connectivity index (χ3n) is 3.81. The third kappa shape index (κ3) is 4.00. The Morgan fingerprint density at radius 3 is 2.52 bits per heavy atom. The number of hydrogen-bond acceptors (Lipinski definition) is 3. The maximum absolute atomic E-state index is 5.77. The van der Waals surface area contributed by atoms with Crippen LogP contribution in [0.25, 0.3) is 0 Å². The molecule has 1 atom stereocenters. The van der Waals surface area contributed by atoms with E-state index in [0.717, 1.165) is 37.3 Å². The van der Waals surface area contributed by atoms with E-state index in [0.29, 0.717) is 6.04 Å². The van der Waals surface area contributed by atoms with Gasteiger partial charge in [-0.25, -0.2) is 0 Å². The van der Waals surface area contributed by atoms with Crippen LogP contribution in [0.2, 0.25) is 0 Å². The molecule has 0 saturated carbocycles. The van der Waals surface area contributed by atoms with Crippen LogP contribution < -0.4 is 10.6 Å². The summed E-state index contributed by atoms with van der Waals surface area (Å²) in [6, 6.07) is 10.6. The molecule has 2 N–H and O–H groups in total. The smallest absolute Gasteiger partial charge is 0.0817 e. The molecule has 1 aromatic heterocycles. The van der Waals surface area contributed by atoms with E-state index in [-0.39, 0.29) is 0 Å². The lowest BCUT2D eigenvalue weighted by molar-refractivity contribution is 0.473. The van der Waals surface area contributed by atoms with Crippen molar-refractivity contribution < 1.29 is 0 Å². The van der Waals surface area contributed by atoms with Crippen LogP contribution in [0.4, 0.5) is 11.4 Å². The molecular weight excluding hydrogens is 260 g/mol. The molecule has 4 heteroatoms. The van der Waals surface area contributed by atoms with Crippen molar-refractivity contribution in [1.29, 1.82) is 0 Å². The first kappa shape index (κ1) is 15.4. The number of aromatic nitrogens is 2. The van der Waals surface area contributed by atoms with E-state index in [1.165, 1.54) is 5.69 Å². The van der Waals surface area contributed by atoms with Crippen LogP contribution >= 0.6 is 0 Å². The zero-order valence-electron chi connectivity index (χ0n) is 13.3. The average Bonchev–Trinajstić information content (AvgIpc) is 2.95. The summed E-state index contributed by atoms with van der Waals surface area (Å²) >= 11 is 0. The summed E-state index contributed by atoms with van der Waals surface area (Å²) in [5.74, 6) is 0.